The van der Waals surface area contributed by atoms with Crippen LogP contribution in [0.15, 0.2) is 43.1 Å². The summed E-state index contributed by atoms with van der Waals surface area (Å²) in [6.07, 6.45) is 3.19. The van der Waals surface area contributed by atoms with Gasteiger partial charge in [0.25, 0.3) is 0 Å². The topological polar surface area (TPSA) is 20.3 Å². The van der Waals surface area contributed by atoms with Crippen molar-refractivity contribution in [2.75, 3.05) is 6.54 Å². The van der Waals surface area contributed by atoms with Gasteiger partial charge in [0.2, 0.25) is 6.41 Å². The Morgan fingerprint density at radius 3 is 2.54 bits per heavy atom. The Bertz CT molecular complexity index is 261. The summed E-state index contributed by atoms with van der Waals surface area (Å²) in [4.78, 5) is 11.9. The molecular formula is C11H13NO. The van der Waals surface area contributed by atoms with Gasteiger partial charge in [-0.05, 0) is 18.2 Å². The third-order valence-corrected chi connectivity index (χ3v) is 1.87. The molecule has 0 atom stereocenters. The van der Waals surface area contributed by atoms with Crippen LogP contribution in [0.3, 0.4) is 0 Å². The first-order valence-electron chi connectivity index (χ1n) is 4.24. The van der Waals surface area contributed by atoms with Gasteiger partial charge in [-0.2, -0.15) is 0 Å². The smallest absolute Gasteiger partial charge is 0.213 e. The van der Waals surface area contributed by atoms with Crippen molar-refractivity contribution < 1.29 is 4.79 Å². The molecule has 0 spiro atoms. The van der Waals surface area contributed by atoms with Crippen LogP contribution >= 0.6 is 0 Å². The van der Waals surface area contributed by atoms with Crippen LogP contribution in [0.1, 0.15) is 5.56 Å². The van der Waals surface area contributed by atoms with Crippen molar-refractivity contribution in [1.29, 1.82) is 0 Å². The Labute approximate surface area is 78.5 Å². The van der Waals surface area contributed by atoms with Crippen molar-refractivity contribution in [2.24, 2.45) is 0 Å². The van der Waals surface area contributed by atoms with Crippen molar-refractivity contribution in [3.05, 3.63) is 48.7 Å². The molecule has 0 aliphatic heterocycles. The number of hydrogen-bond donors (Lipinski definition) is 0. The van der Waals surface area contributed by atoms with Gasteiger partial charge < -0.3 is 4.90 Å². The minimum atomic E-state index is 0.691. The number of hydrogen-bond acceptors (Lipinski definition) is 1. The van der Waals surface area contributed by atoms with Crippen molar-refractivity contribution in [3.8, 4) is 0 Å². The summed E-state index contributed by atoms with van der Waals surface area (Å²) in [6, 6.07) is 10.1. The fourth-order valence-corrected chi connectivity index (χ4v) is 1.09. The second kappa shape index (κ2) is 5.14. The van der Waals surface area contributed by atoms with Gasteiger partial charge in [-0.25, -0.2) is 0 Å². The molecule has 68 valence electrons. The maximum absolute atomic E-state index is 10.4. The van der Waals surface area contributed by atoms with Crippen molar-refractivity contribution in [3.63, 3.8) is 0 Å². The summed E-state index contributed by atoms with van der Waals surface area (Å²) in [5.41, 5.74) is 1.23. The summed E-state index contributed by atoms with van der Waals surface area (Å²) in [7, 11) is 0. The molecule has 0 aromatic heterocycles. The number of benzene rings is 1. The van der Waals surface area contributed by atoms with Crippen LogP contribution in [-0.2, 0) is 11.2 Å². The van der Waals surface area contributed by atoms with Crippen LogP contribution in [0.5, 0.6) is 0 Å². The highest BCUT2D eigenvalue weighted by Gasteiger charge is 1.96. The Kier molecular flexibility index (Phi) is 3.76. The maximum Gasteiger partial charge on any atom is 0.213 e. The van der Waals surface area contributed by atoms with Crippen LogP contribution in [0.4, 0.5) is 0 Å². The molecule has 0 bridgehead atoms. The Morgan fingerprint density at radius 1 is 1.31 bits per heavy atom. The molecule has 0 saturated heterocycles. The van der Waals surface area contributed by atoms with E-state index in [1.807, 2.05) is 30.3 Å². The lowest BCUT2D eigenvalue weighted by atomic mass is 10.1. The zero-order valence-corrected chi connectivity index (χ0v) is 7.52. The van der Waals surface area contributed by atoms with Gasteiger partial charge in [0.1, 0.15) is 0 Å². The van der Waals surface area contributed by atoms with Gasteiger partial charge in [0, 0.05) is 6.54 Å². The van der Waals surface area contributed by atoms with Crippen LogP contribution in [0.2, 0.25) is 0 Å². The van der Waals surface area contributed by atoms with Gasteiger partial charge >= 0.3 is 0 Å². The second-order valence-corrected chi connectivity index (χ2v) is 2.76. The first kappa shape index (κ1) is 9.52. The molecule has 0 N–H and O–H groups in total. The third kappa shape index (κ3) is 3.11. The van der Waals surface area contributed by atoms with Crippen molar-refractivity contribution >= 4 is 6.41 Å². The molecule has 0 heterocycles. The van der Waals surface area contributed by atoms with E-state index in [0.717, 1.165) is 12.8 Å². The highest BCUT2D eigenvalue weighted by atomic mass is 16.1. The van der Waals surface area contributed by atoms with Crippen LogP contribution in [0, 0.1) is 0 Å². The highest BCUT2D eigenvalue weighted by molar-refractivity contribution is 5.48. The SMILES string of the molecule is C=CN(C=O)CCc1ccccc1. The summed E-state index contributed by atoms with van der Waals surface area (Å²) < 4.78 is 0. The predicted molar refractivity (Wildman–Crippen MR) is 53.1 cm³/mol. The molecule has 13 heavy (non-hydrogen) atoms. The molecule has 1 rings (SSSR count). The average Bonchev–Trinajstić information content (AvgIpc) is 2.21. The minimum Gasteiger partial charge on any atom is -0.322 e. The van der Waals surface area contributed by atoms with E-state index in [-0.39, 0.29) is 0 Å². The lowest BCUT2D eigenvalue weighted by molar-refractivity contribution is -0.115. The number of nitrogens with zero attached hydrogens (tertiary/aromatic N) is 1. The lowest BCUT2D eigenvalue weighted by Gasteiger charge is -2.10. The van der Waals surface area contributed by atoms with Crippen molar-refractivity contribution in [1.82, 2.24) is 4.90 Å². The van der Waals surface area contributed by atoms with Gasteiger partial charge in [-0.1, -0.05) is 36.9 Å². The number of carbonyl (C=O) groups excluding carboxylic acids is 1. The van der Waals surface area contributed by atoms with E-state index in [2.05, 4.69) is 6.58 Å². The van der Waals surface area contributed by atoms with E-state index in [0.29, 0.717) is 6.54 Å². The van der Waals surface area contributed by atoms with Gasteiger partial charge in [-0.3, -0.25) is 4.79 Å². The van der Waals surface area contributed by atoms with E-state index < -0.39 is 0 Å². The van der Waals surface area contributed by atoms with E-state index in [4.69, 9.17) is 0 Å². The van der Waals surface area contributed by atoms with Crippen molar-refractivity contribution in [2.45, 2.75) is 6.42 Å². The largest absolute Gasteiger partial charge is 0.322 e. The monoisotopic (exact) mass is 175 g/mol. The molecule has 0 saturated carbocycles. The summed E-state index contributed by atoms with van der Waals surface area (Å²) in [5, 5.41) is 0. The summed E-state index contributed by atoms with van der Waals surface area (Å²) >= 11 is 0. The second-order valence-electron chi connectivity index (χ2n) is 2.76. The summed E-state index contributed by atoms with van der Waals surface area (Å²) in [6.45, 7) is 4.23. The zero-order chi connectivity index (χ0) is 9.52. The average molecular weight is 175 g/mol. The van der Waals surface area contributed by atoms with Crippen LogP contribution in [0.25, 0.3) is 0 Å². The Morgan fingerprint density at radius 2 is 2.00 bits per heavy atom. The van der Waals surface area contributed by atoms with E-state index >= 15 is 0 Å². The molecular weight excluding hydrogens is 162 g/mol. The van der Waals surface area contributed by atoms with Gasteiger partial charge in [0.05, 0.1) is 0 Å². The normalized spacial score (nSPS) is 9.23. The standard InChI is InChI=1S/C11H13NO/c1-2-12(10-13)9-8-11-6-4-3-5-7-11/h2-7,10H,1,8-9H2. The number of carbonyl (C=O) groups is 1. The quantitative estimate of drug-likeness (QED) is 0.625. The Hall–Kier alpha value is -1.57. The van der Waals surface area contributed by atoms with Gasteiger partial charge in [-0.15, -0.1) is 0 Å². The molecule has 0 unspecified atom stereocenters. The maximum atomic E-state index is 10.4. The predicted octanol–water partition coefficient (Wildman–Crippen LogP) is 1.83. The zero-order valence-electron chi connectivity index (χ0n) is 7.52. The Balaban J connectivity index is 2.42. The molecule has 0 radical (unpaired) electrons. The van der Waals surface area contributed by atoms with E-state index in [1.165, 1.54) is 16.7 Å². The van der Waals surface area contributed by atoms with E-state index in [9.17, 15) is 4.79 Å². The van der Waals surface area contributed by atoms with Gasteiger partial charge in [0.15, 0.2) is 0 Å². The van der Waals surface area contributed by atoms with Crippen LogP contribution < -0.4 is 0 Å². The molecule has 1 amide bonds. The molecule has 2 heteroatoms. The van der Waals surface area contributed by atoms with Crippen LogP contribution in [-0.4, -0.2) is 17.9 Å². The summed E-state index contributed by atoms with van der Waals surface area (Å²) in [5.74, 6) is 0. The molecule has 0 fully saturated rings. The molecule has 0 aliphatic rings. The molecule has 2 nitrogen and oxygen atoms in total. The molecule has 0 aliphatic carbocycles. The highest BCUT2D eigenvalue weighted by Crippen LogP contribution is 2.00. The first-order valence-corrected chi connectivity index (χ1v) is 4.24. The minimum absolute atomic E-state index is 0.691. The number of rotatable bonds is 5. The first-order chi connectivity index (χ1) is 6.36. The lowest BCUT2D eigenvalue weighted by Crippen LogP contribution is -2.17. The molecule has 1 aromatic carbocycles. The number of amides is 1. The molecule has 1 aromatic rings. The van der Waals surface area contributed by atoms with E-state index in [1.54, 1.807) is 0 Å². The fourth-order valence-electron chi connectivity index (χ4n) is 1.09. The third-order valence-electron chi connectivity index (χ3n) is 1.87. The fraction of sp³-hybridized carbons (Fsp3) is 0.182.